The summed E-state index contributed by atoms with van der Waals surface area (Å²) in [5.74, 6) is 0. The van der Waals surface area contributed by atoms with E-state index in [9.17, 15) is 0 Å². The summed E-state index contributed by atoms with van der Waals surface area (Å²) in [5.41, 5.74) is 2.73. The van der Waals surface area contributed by atoms with Gasteiger partial charge in [0, 0.05) is 0 Å². The lowest BCUT2D eigenvalue weighted by molar-refractivity contribution is 0.0888. The van der Waals surface area contributed by atoms with Crippen LogP contribution in [0, 0.1) is 0 Å². The summed E-state index contributed by atoms with van der Waals surface area (Å²) < 4.78 is 6.57. The molecule has 0 saturated carbocycles. The third-order valence-electron chi connectivity index (χ3n) is 8.27. The predicted octanol–water partition coefficient (Wildman–Crippen LogP) is 9.29. The summed E-state index contributed by atoms with van der Waals surface area (Å²) in [4.78, 5) is 0. The first-order valence-electron chi connectivity index (χ1n) is 12.4. The van der Waals surface area contributed by atoms with Crippen LogP contribution >= 0.6 is 0 Å². The maximum atomic E-state index is 6.57. The summed E-state index contributed by atoms with van der Waals surface area (Å²) in [6.45, 7) is 0. The van der Waals surface area contributed by atoms with Gasteiger partial charge in [-0.05, 0) is 75.8 Å². The zero-order chi connectivity index (χ0) is 22.7. The molecule has 9 rings (SSSR count). The molecule has 2 atom stereocenters. The van der Waals surface area contributed by atoms with Gasteiger partial charge in [0.2, 0.25) is 0 Å². The average Bonchev–Trinajstić information content (AvgIpc) is 3.55. The number of fused-ring (bicyclic) bond motifs is 20. The van der Waals surface area contributed by atoms with E-state index in [4.69, 9.17) is 4.74 Å². The van der Waals surface area contributed by atoms with Crippen molar-refractivity contribution in [1.82, 2.24) is 0 Å². The normalized spacial score (nSPS) is 18.6. The molecule has 162 valence electrons. The Bertz CT molecular complexity index is 1950. The number of rotatable bonds is 0. The zero-order valence-corrected chi connectivity index (χ0v) is 19.0. The maximum Gasteiger partial charge on any atom is 0.103 e. The van der Waals surface area contributed by atoms with Gasteiger partial charge in [-0.1, -0.05) is 109 Å². The van der Waals surface area contributed by atoms with Crippen LogP contribution in [0.2, 0.25) is 0 Å². The second-order valence-electron chi connectivity index (χ2n) is 9.87. The highest BCUT2D eigenvalue weighted by molar-refractivity contribution is 6.40. The highest BCUT2D eigenvalue weighted by Gasteiger charge is 2.38. The molecule has 0 aliphatic carbocycles. The minimum Gasteiger partial charge on any atom is -0.357 e. The lowest BCUT2D eigenvalue weighted by atomic mass is 9.79. The van der Waals surface area contributed by atoms with E-state index in [1.54, 1.807) is 0 Å². The van der Waals surface area contributed by atoms with Gasteiger partial charge in [0.05, 0.1) is 0 Å². The van der Waals surface area contributed by atoms with E-state index < -0.39 is 0 Å². The van der Waals surface area contributed by atoms with Gasteiger partial charge < -0.3 is 4.74 Å². The van der Waals surface area contributed by atoms with E-state index >= 15 is 0 Å². The number of ether oxygens (including phenoxy) is 1. The second kappa shape index (κ2) is 6.27. The molecule has 2 aliphatic rings. The van der Waals surface area contributed by atoms with Crippen molar-refractivity contribution in [2.45, 2.75) is 12.2 Å². The quantitative estimate of drug-likeness (QED) is 0.167. The molecule has 0 amide bonds. The largest absolute Gasteiger partial charge is 0.357 e. The monoisotopic (exact) mass is 444 g/mol. The summed E-state index contributed by atoms with van der Waals surface area (Å²) in [6, 6.07) is 35.7. The van der Waals surface area contributed by atoms with Crippen molar-refractivity contribution in [2.24, 2.45) is 0 Å². The highest BCUT2D eigenvalue weighted by Crippen LogP contribution is 2.57. The smallest absolute Gasteiger partial charge is 0.103 e. The lowest BCUT2D eigenvalue weighted by Crippen LogP contribution is -2.00. The van der Waals surface area contributed by atoms with Gasteiger partial charge in [0.15, 0.2) is 0 Å². The number of hydrogen-bond acceptors (Lipinski definition) is 1. The van der Waals surface area contributed by atoms with Crippen molar-refractivity contribution in [3.05, 3.63) is 120 Å². The van der Waals surface area contributed by atoms with Crippen molar-refractivity contribution in [3.8, 4) is 0 Å². The molecule has 1 nitrogen and oxygen atoms in total. The molecule has 2 unspecified atom stereocenters. The first kappa shape index (κ1) is 18.2. The van der Waals surface area contributed by atoms with Gasteiger partial charge >= 0.3 is 0 Å². The second-order valence-corrected chi connectivity index (χ2v) is 9.87. The van der Waals surface area contributed by atoms with Crippen LogP contribution in [0.5, 0.6) is 0 Å². The molecule has 1 heteroatoms. The maximum absolute atomic E-state index is 6.57. The summed E-state index contributed by atoms with van der Waals surface area (Å²) in [6.07, 6.45) is 4.53. The fourth-order valence-corrected chi connectivity index (χ4v) is 7.00. The molecule has 7 aromatic carbocycles. The van der Waals surface area contributed by atoms with E-state index in [1.165, 1.54) is 75.8 Å². The Hall–Kier alpha value is -4.20. The van der Waals surface area contributed by atoms with Crippen LogP contribution < -0.4 is 0 Å². The van der Waals surface area contributed by atoms with Crippen LogP contribution in [0.15, 0.2) is 109 Å². The summed E-state index contributed by atoms with van der Waals surface area (Å²) in [5, 5.41) is 16.0. The van der Waals surface area contributed by atoms with Gasteiger partial charge in [-0.15, -0.1) is 0 Å². The third-order valence-corrected chi connectivity index (χ3v) is 8.27. The van der Waals surface area contributed by atoms with Crippen molar-refractivity contribution in [2.75, 3.05) is 0 Å². The predicted molar refractivity (Wildman–Crippen MR) is 147 cm³/mol. The molecule has 0 spiro atoms. The molecule has 35 heavy (non-hydrogen) atoms. The van der Waals surface area contributed by atoms with Crippen molar-refractivity contribution < 1.29 is 4.74 Å². The Labute approximate surface area is 201 Å². The summed E-state index contributed by atoms with van der Waals surface area (Å²) in [7, 11) is 0. The summed E-state index contributed by atoms with van der Waals surface area (Å²) >= 11 is 0. The van der Waals surface area contributed by atoms with Gasteiger partial charge in [-0.3, -0.25) is 0 Å². The minimum atomic E-state index is 0.0108. The first-order chi connectivity index (χ1) is 17.4. The van der Waals surface area contributed by atoms with E-state index in [0.29, 0.717) is 0 Å². The minimum absolute atomic E-state index is 0.0108. The number of benzene rings is 7. The van der Waals surface area contributed by atoms with E-state index in [-0.39, 0.29) is 12.2 Å². The highest BCUT2D eigenvalue weighted by atomic mass is 16.5. The Balaban J connectivity index is 1.76. The fraction of sp³-hybridized carbons (Fsp3) is 0.0588. The van der Waals surface area contributed by atoms with E-state index in [2.05, 4.69) is 109 Å². The average molecular weight is 445 g/mol. The van der Waals surface area contributed by atoms with Crippen LogP contribution in [-0.4, -0.2) is 0 Å². The Morgan fingerprint density at radius 1 is 0.343 bits per heavy atom. The standard InChI is InChI=1S/C34H20O/c1-5-13-23-19(9-1)21-11-3-7-15-25(21)31-29(23)30-24-14-6-2-10-20(24)22-12-4-8-16-26(22)32(30)34-28-18-17-27(35-28)33(31)34/h1-18,27-28H. The topological polar surface area (TPSA) is 9.23 Å². The van der Waals surface area contributed by atoms with Crippen LogP contribution in [0.1, 0.15) is 23.3 Å². The fourth-order valence-electron chi connectivity index (χ4n) is 7.00. The molecule has 2 heterocycles. The number of hydrogen-bond donors (Lipinski definition) is 0. The van der Waals surface area contributed by atoms with E-state index in [1.807, 2.05) is 0 Å². The Kier molecular flexibility index (Phi) is 3.25. The molecule has 0 N–H and O–H groups in total. The molecule has 2 aliphatic heterocycles. The molecule has 0 radical (unpaired) electrons. The van der Waals surface area contributed by atoms with Crippen molar-refractivity contribution >= 4 is 64.6 Å². The first-order valence-corrected chi connectivity index (χ1v) is 12.4. The molecular weight excluding hydrogens is 424 g/mol. The molecule has 0 fully saturated rings. The molecule has 0 saturated heterocycles. The SMILES string of the molecule is C1=CC2OC1c1c2c2c3ccccc3c3ccccc3c2c2c3ccccc3c3ccccc3c12. The van der Waals surface area contributed by atoms with Crippen molar-refractivity contribution in [1.29, 1.82) is 0 Å². The van der Waals surface area contributed by atoms with Crippen LogP contribution in [0.25, 0.3) is 64.6 Å². The van der Waals surface area contributed by atoms with Crippen LogP contribution in [0.3, 0.4) is 0 Å². The molecule has 0 aromatic heterocycles. The van der Waals surface area contributed by atoms with Crippen LogP contribution in [-0.2, 0) is 4.74 Å². The molecule has 2 bridgehead atoms. The van der Waals surface area contributed by atoms with Gasteiger partial charge in [-0.2, -0.15) is 0 Å². The molecule has 7 aromatic rings. The van der Waals surface area contributed by atoms with Crippen LogP contribution in [0.4, 0.5) is 0 Å². The van der Waals surface area contributed by atoms with Gasteiger partial charge in [0.25, 0.3) is 0 Å². The van der Waals surface area contributed by atoms with Gasteiger partial charge in [0.1, 0.15) is 12.2 Å². The van der Waals surface area contributed by atoms with E-state index in [0.717, 1.165) is 0 Å². The third kappa shape index (κ3) is 2.10. The lowest BCUT2D eigenvalue weighted by Gasteiger charge is -2.22. The van der Waals surface area contributed by atoms with Gasteiger partial charge in [-0.25, -0.2) is 0 Å². The Morgan fingerprint density at radius 3 is 0.971 bits per heavy atom. The molecular formula is C34H20O. The van der Waals surface area contributed by atoms with Crippen molar-refractivity contribution in [3.63, 3.8) is 0 Å². The Morgan fingerprint density at radius 2 is 0.629 bits per heavy atom. The zero-order valence-electron chi connectivity index (χ0n) is 19.0.